The summed E-state index contributed by atoms with van der Waals surface area (Å²) < 4.78 is 50.8. The van der Waals surface area contributed by atoms with Crippen LogP contribution in [-0.2, 0) is 6.18 Å². The Morgan fingerprint density at radius 3 is 2.65 bits per heavy atom. The molecule has 138 valence electrons. The number of amides is 1. The van der Waals surface area contributed by atoms with Crippen LogP contribution in [0.4, 0.5) is 23.4 Å². The summed E-state index contributed by atoms with van der Waals surface area (Å²) in [6.07, 6.45) is -3.03. The van der Waals surface area contributed by atoms with Crippen LogP contribution >= 0.6 is 11.6 Å². The first-order chi connectivity index (χ1) is 12.2. The molecule has 3 rings (SSSR count). The van der Waals surface area contributed by atoms with Crippen LogP contribution in [0.3, 0.4) is 0 Å². The van der Waals surface area contributed by atoms with E-state index < -0.39 is 23.5 Å². The lowest BCUT2D eigenvalue weighted by molar-refractivity contribution is -0.137. The summed E-state index contributed by atoms with van der Waals surface area (Å²) in [5.74, 6) is -0.552. The number of anilines is 1. The van der Waals surface area contributed by atoms with Gasteiger partial charge in [-0.1, -0.05) is 11.6 Å². The number of rotatable bonds is 3. The first-order valence-corrected chi connectivity index (χ1v) is 8.16. The van der Waals surface area contributed by atoms with Crippen LogP contribution in [-0.4, -0.2) is 30.0 Å². The Balaban J connectivity index is 1.62. The molecule has 4 nitrogen and oxygen atoms in total. The molecule has 0 bridgehead atoms. The molecule has 0 spiro atoms. The Morgan fingerprint density at radius 2 is 2.04 bits per heavy atom. The summed E-state index contributed by atoms with van der Waals surface area (Å²) in [6.45, 7) is 0.948. The van der Waals surface area contributed by atoms with Crippen molar-refractivity contribution in [3.8, 4) is 0 Å². The smallest absolute Gasteiger partial charge is 0.354 e. The number of alkyl halides is 3. The van der Waals surface area contributed by atoms with E-state index in [9.17, 15) is 22.4 Å². The van der Waals surface area contributed by atoms with Crippen LogP contribution in [0.15, 0.2) is 36.5 Å². The molecule has 1 amide bonds. The molecule has 1 N–H and O–H groups in total. The van der Waals surface area contributed by atoms with Gasteiger partial charge in [-0.2, -0.15) is 13.2 Å². The van der Waals surface area contributed by atoms with Gasteiger partial charge in [0.25, 0.3) is 5.91 Å². The van der Waals surface area contributed by atoms with Crippen molar-refractivity contribution in [2.75, 3.05) is 18.0 Å². The van der Waals surface area contributed by atoms with E-state index in [4.69, 9.17) is 11.6 Å². The van der Waals surface area contributed by atoms with Crippen molar-refractivity contribution in [1.82, 2.24) is 10.3 Å². The minimum atomic E-state index is -4.43. The van der Waals surface area contributed by atoms with Gasteiger partial charge in [-0.3, -0.25) is 4.79 Å². The zero-order valence-corrected chi connectivity index (χ0v) is 14.1. The van der Waals surface area contributed by atoms with Crippen LogP contribution in [0, 0.1) is 5.82 Å². The Labute approximate surface area is 151 Å². The second kappa shape index (κ2) is 7.11. The van der Waals surface area contributed by atoms with E-state index in [1.807, 2.05) is 0 Å². The summed E-state index contributed by atoms with van der Waals surface area (Å²) in [4.78, 5) is 17.9. The summed E-state index contributed by atoms with van der Waals surface area (Å²) in [5, 5.41) is 2.81. The lowest BCUT2D eigenvalue weighted by Crippen LogP contribution is -2.37. The molecule has 1 aliphatic rings. The van der Waals surface area contributed by atoms with Gasteiger partial charge >= 0.3 is 6.18 Å². The first kappa shape index (κ1) is 18.4. The van der Waals surface area contributed by atoms with E-state index in [1.165, 1.54) is 12.1 Å². The topological polar surface area (TPSA) is 45.2 Å². The van der Waals surface area contributed by atoms with Crippen LogP contribution in [0.2, 0.25) is 5.02 Å². The van der Waals surface area contributed by atoms with Crippen molar-refractivity contribution in [1.29, 1.82) is 0 Å². The molecule has 0 aliphatic carbocycles. The van der Waals surface area contributed by atoms with Gasteiger partial charge in [0.05, 0.1) is 16.1 Å². The fourth-order valence-corrected chi connectivity index (χ4v) is 3.02. The molecule has 2 aromatic rings. The van der Waals surface area contributed by atoms with Crippen LogP contribution in [0.1, 0.15) is 22.3 Å². The Hall–Kier alpha value is -2.35. The highest BCUT2D eigenvalue weighted by Gasteiger charge is 2.31. The van der Waals surface area contributed by atoms with Gasteiger partial charge in [0.2, 0.25) is 0 Å². The molecule has 1 aromatic heterocycles. The molecule has 1 atom stereocenters. The van der Waals surface area contributed by atoms with Crippen molar-refractivity contribution in [2.24, 2.45) is 0 Å². The molecule has 1 saturated heterocycles. The van der Waals surface area contributed by atoms with Crippen molar-refractivity contribution in [3.05, 3.63) is 58.5 Å². The molecule has 0 radical (unpaired) electrons. The molecular weight excluding hydrogens is 374 g/mol. The summed E-state index contributed by atoms with van der Waals surface area (Å²) in [6, 6.07) is 5.58. The Morgan fingerprint density at radius 1 is 1.27 bits per heavy atom. The highest BCUT2D eigenvalue weighted by atomic mass is 35.5. The van der Waals surface area contributed by atoms with Crippen molar-refractivity contribution in [3.63, 3.8) is 0 Å². The lowest BCUT2D eigenvalue weighted by atomic mass is 10.2. The predicted molar refractivity (Wildman–Crippen MR) is 88.7 cm³/mol. The SMILES string of the molecule is O=C(N[C@@H]1CCN(c2ccc(C(F)(F)F)cn2)C1)c1ccc(F)cc1Cl. The van der Waals surface area contributed by atoms with Gasteiger partial charge in [-0.05, 0) is 36.8 Å². The average Bonchev–Trinajstić information content (AvgIpc) is 3.02. The third kappa shape index (κ3) is 4.07. The number of aromatic nitrogens is 1. The van der Waals surface area contributed by atoms with Crippen molar-refractivity contribution < 1.29 is 22.4 Å². The zero-order chi connectivity index (χ0) is 18.9. The fraction of sp³-hybridized carbons (Fsp3) is 0.294. The third-order valence-electron chi connectivity index (χ3n) is 4.10. The second-order valence-corrected chi connectivity index (χ2v) is 6.34. The number of halogens is 5. The Bertz CT molecular complexity index is 811. The number of benzene rings is 1. The van der Waals surface area contributed by atoms with Gasteiger partial charge < -0.3 is 10.2 Å². The number of pyridine rings is 1. The average molecular weight is 388 g/mol. The molecule has 0 saturated carbocycles. The minimum absolute atomic E-state index is 0.0155. The molecule has 9 heteroatoms. The van der Waals surface area contributed by atoms with Gasteiger partial charge in [-0.15, -0.1) is 0 Å². The maximum absolute atomic E-state index is 13.1. The molecule has 0 unspecified atom stereocenters. The maximum Gasteiger partial charge on any atom is 0.417 e. The van der Waals surface area contributed by atoms with E-state index >= 15 is 0 Å². The molecule has 26 heavy (non-hydrogen) atoms. The normalized spacial score (nSPS) is 17.4. The highest BCUT2D eigenvalue weighted by Crippen LogP contribution is 2.30. The van der Waals surface area contributed by atoms with Crippen LogP contribution in [0.5, 0.6) is 0 Å². The fourth-order valence-electron chi connectivity index (χ4n) is 2.76. The van der Waals surface area contributed by atoms with E-state index in [0.717, 1.165) is 24.4 Å². The molecule has 1 fully saturated rings. The summed E-state index contributed by atoms with van der Waals surface area (Å²) in [5.41, 5.74) is -0.643. The number of hydrogen-bond donors (Lipinski definition) is 1. The van der Waals surface area contributed by atoms with Gasteiger partial charge in [0.15, 0.2) is 0 Å². The third-order valence-corrected chi connectivity index (χ3v) is 4.41. The van der Waals surface area contributed by atoms with Gasteiger partial charge in [0, 0.05) is 25.3 Å². The number of carbonyl (C=O) groups excluding carboxylic acids is 1. The first-order valence-electron chi connectivity index (χ1n) is 7.78. The van der Waals surface area contributed by atoms with E-state index in [1.54, 1.807) is 4.90 Å². The van der Waals surface area contributed by atoms with Crippen LogP contribution < -0.4 is 10.2 Å². The lowest BCUT2D eigenvalue weighted by Gasteiger charge is -2.18. The van der Waals surface area contributed by atoms with E-state index in [2.05, 4.69) is 10.3 Å². The second-order valence-electron chi connectivity index (χ2n) is 5.93. The zero-order valence-electron chi connectivity index (χ0n) is 13.4. The number of nitrogens with one attached hydrogen (secondary N) is 1. The molecule has 1 aromatic carbocycles. The van der Waals surface area contributed by atoms with Crippen LogP contribution in [0.25, 0.3) is 0 Å². The van der Waals surface area contributed by atoms with Gasteiger partial charge in [0.1, 0.15) is 11.6 Å². The molecule has 1 aliphatic heterocycles. The standard InChI is InChI=1S/C17H14ClF4N3O/c18-14-7-11(19)2-3-13(14)16(26)24-12-5-6-25(9-12)15-4-1-10(8-23-15)17(20,21)22/h1-4,7-8,12H,5-6,9H2,(H,24,26)/t12-/m1/s1. The Kier molecular flexibility index (Phi) is 5.04. The molecular formula is C17H14ClF4N3O. The monoisotopic (exact) mass is 387 g/mol. The largest absolute Gasteiger partial charge is 0.417 e. The predicted octanol–water partition coefficient (Wildman–Crippen LogP) is 3.90. The van der Waals surface area contributed by atoms with E-state index in [-0.39, 0.29) is 16.6 Å². The summed E-state index contributed by atoms with van der Waals surface area (Å²) >= 11 is 5.87. The minimum Gasteiger partial charge on any atom is -0.354 e. The maximum atomic E-state index is 13.1. The number of hydrogen-bond acceptors (Lipinski definition) is 3. The van der Waals surface area contributed by atoms with Crippen molar-refractivity contribution >= 4 is 23.3 Å². The van der Waals surface area contributed by atoms with E-state index in [0.29, 0.717) is 25.3 Å². The summed E-state index contributed by atoms with van der Waals surface area (Å²) in [7, 11) is 0. The van der Waals surface area contributed by atoms with Gasteiger partial charge in [-0.25, -0.2) is 9.37 Å². The number of nitrogens with zero attached hydrogens (tertiary/aromatic N) is 2. The highest BCUT2D eigenvalue weighted by molar-refractivity contribution is 6.33. The quantitative estimate of drug-likeness (QED) is 0.812. The molecule has 2 heterocycles. The van der Waals surface area contributed by atoms with Crippen molar-refractivity contribution in [2.45, 2.75) is 18.6 Å². The number of carbonyl (C=O) groups is 1.